The average Bonchev–Trinajstić information content (AvgIpc) is 3.20. The Morgan fingerprint density at radius 3 is 2.79 bits per heavy atom. The molecule has 1 aromatic heterocycles. The molecule has 19 heavy (non-hydrogen) atoms. The summed E-state index contributed by atoms with van der Waals surface area (Å²) in [4.78, 5) is 19.4. The summed E-state index contributed by atoms with van der Waals surface area (Å²) in [7, 11) is 0. The molecule has 98 valence electrons. The van der Waals surface area contributed by atoms with Gasteiger partial charge in [-0.2, -0.15) is 0 Å². The largest absolute Gasteiger partial charge is 0.306 e. The predicted octanol–water partition coefficient (Wildman–Crippen LogP) is 3.88. The monoisotopic (exact) mass is 386 g/mol. The van der Waals surface area contributed by atoms with E-state index in [2.05, 4.69) is 32.6 Å². The Morgan fingerprint density at radius 2 is 2.16 bits per heavy atom. The third-order valence-corrected chi connectivity index (χ3v) is 4.75. The first-order valence-corrected chi connectivity index (χ1v) is 7.58. The minimum Gasteiger partial charge on any atom is -0.306 e. The van der Waals surface area contributed by atoms with Crippen LogP contribution >= 0.6 is 34.2 Å². The zero-order valence-electron chi connectivity index (χ0n) is 10.3. The van der Waals surface area contributed by atoms with Gasteiger partial charge in [0.05, 0.1) is 9.26 Å². The summed E-state index contributed by atoms with van der Waals surface area (Å²) in [6.45, 7) is 1.95. The van der Waals surface area contributed by atoms with Crippen LogP contribution in [-0.4, -0.2) is 9.97 Å². The van der Waals surface area contributed by atoms with Gasteiger partial charge in [0.25, 0.3) is 5.56 Å². The van der Waals surface area contributed by atoms with Crippen molar-refractivity contribution in [3.8, 4) is 11.4 Å². The highest BCUT2D eigenvalue weighted by Gasteiger charge is 2.29. The van der Waals surface area contributed by atoms with Crippen LogP contribution in [0.4, 0.5) is 0 Å². The lowest BCUT2D eigenvalue weighted by atomic mass is 10.1. The highest BCUT2D eigenvalue weighted by molar-refractivity contribution is 14.1. The van der Waals surface area contributed by atoms with Gasteiger partial charge in [-0.25, -0.2) is 4.98 Å². The fourth-order valence-corrected chi connectivity index (χ4v) is 2.86. The van der Waals surface area contributed by atoms with Crippen LogP contribution in [0.1, 0.15) is 30.0 Å². The van der Waals surface area contributed by atoms with Gasteiger partial charge in [0.1, 0.15) is 5.82 Å². The number of H-pyrrole nitrogens is 1. The highest BCUT2D eigenvalue weighted by atomic mass is 127. The smallest absolute Gasteiger partial charge is 0.264 e. The molecule has 0 aliphatic heterocycles. The fraction of sp³-hybridized carbons (Fsp3) is 0.286. The molecule has 1 aromatic carbocycles. The number of nitrogens with one attached hydrogen (secondary N) is 1. The van der Waals surface area contributed by atoms with Crippen molar-refractivity contribution in [3.05, 3.63) is 48.4 Å². The van der Waals surface area contributed by atoms with E-state index in [1.807, 2.05) is 25.1 Å². The van der Waals surface area contributed by atoms with E-state index in [9.17, 15) is 4.79 Å². The number of hydrogen-bond acceptors (Lipinski definition) is 2. The van der Waals surface area contributed by atoms with Gasteiger partial charge in [-0.3, -0.25) is 4.79 Å². The number of benzene rings is 1. The molecule has 5 heteroatoms. The van der Waals surface area contributed by atoms with Gasteiger partial charge in [0.15, 0.2) is 0 Å². The van der Waals surface area contributed by atoms with Gasteiger partial charge in [0, 0.05) is 16.5 Å². The number of nitrogens with zero attached hydrogens (tertiary/aromatic N) is 1. The molecule has 1 N–H and O–H groups in total. The molecule has 0 bridgehead atoms. The standard InChI is InChI=1S/C14H12ClIN2O/c1-7-2-3-9(6-10(7)15)13-17-12(8-4-5-8)11(16)14(19)18-13/h2-3,6,8H,4-5H2,1H3,(H,17,18,19). The molecule has 0 atom stereocenters. The zero-order valence-corrected chi connectivity index (χ0v) is 13.2. The van der Waals surface area contributed by atoms with Crippen molar-refractivity contribution in [1.82, 2.24) is 9.97 Å². The second-order valence-corrected chi connectivity index (χ2v) is 6.34. The van der Waals surface area contributed by atoms with Crippen LogP contribution < -0.4 is 5.56 Å². The first kappa shape index (κ1) is 13.1. The quantitative estimate of drug-likeness (QED) is 0.796. The fourth-order valence-electron chi connectivity index (χ4n) is 1.98. The van der Waals surface area contributed by atoms with Crippen molar-refractivity contribution >= 4 is 34.2 Å². The first-order valence-electron chi connectivity index (χ1n) is 6.12. The Balaban J connectivity index is 2.14. The summed E-state index contributed by atoms with van der Waals surface area (Å²) < 4.78 is 0.710. The molecule has 1 heterocycles. The summed E-state index contributed by atoms with van der Waals surface area (Å²) in [5, 5.41) is 0.687. The van der Waals surface area contributed by atoms with E-state index in [0.29, 0.717) is 20.3 Å². The Hall–Kier alpha value is -0.880. The normalized spacial score (nSPS) is 14.7. The van der Waals surface area contributed by atoms with Crippen molar-refractivity contribution in [2.45, 2.75) is 25.7 Å². The second-order valence-electron chi connectivity index (χ2n) is 4.85. The van der Waals surface area contributed by atoms with E-state index in [-0.39, 0.29) is 5.56 Å². The maximum absolute atomic E-state index is 12.0. The van der Waals surface area contributed by atoms with Crippen LogP contribution in [0.2, 0.25) is 5.02 Å². The van der Waals surface area contributed by atoms with E-state index in [4.69, 9.17) is 11.6 Å². The van der Waals surface area contributed by atoms with Crippen molar-refractivity contribution in [2.75, 3.05) is 0 Å². The molecule has 1 aliphatic carbocycles. The van der Waals surface area contributed by atoms with Gasteiger partial charge >= 0.3 is 0 Å². The maximum atomic E-state index is 12.0. The number of rotatable bonds is 2. The van der Waals surface area contributed by atoms with Crippen molar-refractivity contribution < 1.29 is 0 Å². The lowest BCUT2D eigenvalue weighted by Gasteiger charge is -2.07. The number of halogens is 2. The van der Waals surface area contributed by atoms with Gasteiger partial charge in [-0.05, 0) is 54.0 Å². The van der Waals surface area contributed by atoms with Crippen molar-refractivity contribution in [2.24, 2.45) is 0 Å². The lowest BCUT2D eigenvalue weighted by Crippen LogP contribution is -2.16. The van der Waals surface area contributed by atoms with E-state index < -0.39 is 0 Å². The van der Waals surface area contributed by atoms with E-state index in [0.717, 1.165) is 29.7 Å². The SMILES string of the molecule is Cc1ccc(-c2nc(C3CC3)c(I)c(=O)[nH]2)cc1Cl. The molecule has 3 nitrogen and oxygen atoms in total. The van der Waals surface area contributed by atoms with E-state index in [1.165, 1.54) is 0 Å². The Morgan fingerprint density at radius 1 is 1.42 bits per heavy atom. The maximum Gasteiger partial charge on any atom is 0.264 e. The molecular formula is C14H12ClIN2O. The van der Waals surface area contributed by atoms with Gasteiger partial charge < -0.3 is 4.98 Å². The summed E-state index contributed by atoms with van der Waals surface area (Å²) >= 11 is 8.20. The molecule has 2 aromatic rings. The molecule has 1 fully saturated rings. The van der Waals surface area contributed by atoms with Gasteiger partial charge in [0.2, 0.25) is 0 Å². The molecule has 0 spiro atoms. The van der Waals surface area contributed by atoms with Crippen LogP contribution in [0.15, 0.2) is 23.0 Å². The third kappa shape index (κ3) is 2.56. The Labute approximate surface area is 129 Å². The molecule has 0 radical (unpaired) electrons. The summed E-state index contributed by atoms with van der Waals surface area (Å²) in [6, 6.07) is 5.72. The van der Waals surface area contributed by atoms with Crippen LogP contribution in [-0.2, 0) is 0 Å². The van der Waals surface area contributed by atoms with Crippen LogP contribution in [0.3, 0.4) is 0 Å². The molecule has 0 unspecified atom stereocenters. The Bertz CT molecular complexity index is 707. The number of aromatic amines is 1. The van der Waals surface area contributed by atoms with Crippen LogP contribution in [0.25, 0.3) is 11.4 Å². The van der Waals surface area contributed by atoms with Crippen molar-refractivity contribution in [3.63, 3.8) is 0 Å². The average molecular weight is 387 g/mol. The molecule has 0 amide bonds. The predicted molar refractivity (Wildman–Crippen MR) is 84.7 cm³/mol. The minimum atomic E-state index is -0.0656. The molecule has 1 aliphatic rings. The number of aryl methyl sites for hydroxylation is 1. The first-order chi connectivity index (χ1) is 9.06. The minimum absolute atomic E-state index is 0.0656. The summed E-state index contributed by atoms with van der Waals surface area (Å²) in [6.07, 6.45) is 2.25. The van der Waals surface area contributed by atoms with Gasteiger partial charge in [-0.15, -0.1) is 0 Å². The van der Waals surface area contributed by atoms with Crippen molar-refractivity contribution in [1.29, 1.82) is 0 Å². The summed E-state index contributed by atoms with van der Waals surface area (Å²) in [5.74, 6) is 1.06. The molecular weight excluding hydrogens is 375 g/mol. The molecule has 1 saturated carbocycles. The summed E-state index contributed by atoms with van der Waals surface area (Å²) in [5.41, 5.74) is 2.73. The van der Waals surface area contributed by atoms with E-state index >= 15 is 0 Å². The zero-order chi connectivity index (χ0) is 13.6. The lowest BCUT2D eigenvalue weighted by molar-refractivity contribution is 0.958. The number of aromatic nitrogens is 2. The second kappa shape index (κ2) is 4.90. The molecule has 3 rings (SSSR count). The topological polar surface area (TPSA) is 45.8 Å². The van der Waals surface area contributed by atoms with Crippen LogP contribution in [0.5, 0.6) is 0 Å². The molecule has 0 saturated heterocycles. The van der Waals surface area contributed by atoms with Crippen LogP contribution in [0, 0.1) is 10.5 Å². The number of hydrogen-bond donors (Lipinski definition) is 1. The third-order valence-electron chi connectivity index (χ3n) is 3.30. The van der Waals surface area contributed by atoms with Gasteiger partial charge in [-0.1, -0.05) is 23.7 Å². The highest BCUT2D eigenvalue weighted by Crippen LogP contribution is 2.40. The van der Waals surface area contributed by atoms with E-state index in [1.54, 1.807) is 0 Å². The Kier molecular flexibility index (Phi) is 3.39.